The lowest BCUT2D eigenvalue weighted by Gasteiger charge is -2.29. The maximum absolute atomic E-state index is 13.2. The molecule has 3 aromatic rings. The summed E-state index contributed by atoms with van der Waals surface area (Å²) in [5.74, 6) is 0. The Labute approximate surface area is 189 Å². The molecule has 0 aromatic carbocycles. The summed E-state index contributed by atoms with van der Waals surface area (Å²) >= 11 is 7.98. The molecular formula is C21H21ClN4O3S2. The molecule has 1 aliphatic carbocycles. The molecule has 0 saturated carbocycles. The Morgan fingerprint density at radius 3 is 2.90 bits per heavy atom. The zero-order valence-corrected chi connectivity index (χ0v) is 18.9. The lowest BCUT2D eigenvalue weighted by atomic mass is 10.0. The molecule has 7 nitrogen and oxygen atoms in total. The fraction of sp³-hybridized carbons (Fsp3) is 0.286. The molecule has 2 aliphatic rings. The Morgan fingerprint density at radius 1 is 1.29 bits per heavy atom. The maximum atomic E-state index is 13.2. The van der Waals surface area contributed by atoms with Crippen LogP contribution in [0.3, 0.4) is 0 Å². The zero-order valence-electron chi connectivity index (χ0n) is 16.5. The molecule has 2 N–H and O–H groups in total. The minimum absolute atomic E-state index is 0.149. The summed E-state index contributed by atoms with van der Waals surface area (Å²) in [4.78, 5) is 7.80. The van der Waals surface area contributed by atoms with Crippen molar-refractivity contribution < 1.29 is 13.2 Å². The summed E-state index contributed by atoms with van der Waals surface area (Å²) in [5, 5.41) is 8.86. The normalized spacial score (nSPS) is 20.5. The number of sulfonamides is 1. The number of aromatic amines is 1. The predicted octanol–water partition coefficient (Wildman–Crippen LogP) is 4.14. The Hall–Kier alpha value is -2.17. The maximum Gasteiger partial charge on any atom is 0.244 e. The van der Waals surface area contributed by atoms with Gasteiger partial charge in [-0.1, -0.05) is 17.7 Å². The first-order valence-corrected chi connectivity index (χ1v) is 12.7. The van der Waals surface area contributed by atoms with Gasteiger partial charge in [0.1, 0.15) is 5.65 Å². The fourth-order valence-corrected chi connectivity index (χ4v) is 6.60. The minimum atomic E-state index is -3.68. The van der Waals surface area contributed by atoms with Gasteiger partial charge in [-0.25, -0.2) is 13.4 Å². The average molecular weight is 477 g/mol. The molecule has 1 saturated heterocycles. The summed E-state index contributed by atoms with van der Waals surface area (Å²) in [5.41, 5.74) is 3.85. The highest BCUT2D eigenvalue weighted by atomic mass is 35.5. The number of rotatable bonds is 5. The first kappa shape index (κ1) is 20.7. The number of thiophene rings is 1. The van der Waals surface area contributed by atoms with Gasteiger partial charge in [0.2, 0.25) is 10.0 Å². The van der Waals surface area contributed by atoms with Crippen molar-refractivity contribution in [1.82, 2.24) is 14.3 Å². The highest BCUT2D eigenvalue weighted by molar-refractivity contribution is 7.93. The van der Waals surface area contributed by atoms with Crippen LogP contribution in [0.4, 0.5) is 5.69 Å². The molecule has 31 heavy (non-hydrogen) atoms. The van der Waals surface area contributed by atoms with Gasteiger partial charge in [0, 0.05) is 36.9 Å². The molecule has 1 aliphatic heterocycles. The quantitative estimate of drug-likeness (QED) is 0.577. The molecule has 162 valence electrons. The number of nitrogens with zero attached hydrogens (tertiary/aromatic N) is 2. The fourth-order valence-electron chi connectivity index (χ4n) is 3.93. The third-order valence-corrected chi connectivity index (χ3v) is 8.58. The Morgan fingerprint density at radius 2 is 2.13 bits per heavy atom. The van der Waals surface area contributed by atoms with Crippen LogP contribution in [0.2, 0.25) is 0 Å². The zero-order chi connectivity index (χ0) is 21.4. The molecule has 10 heteroatoms. The van der Waals surface area contributed by atoms with E-state index in [0.29, 0.717) is 32.7 Å². The topological polar surface area (TPSA) is 87.3 Å². The lowest BCUT2D eigenvalue weighted by Crippen LogP contribution is -2.41. The first-order valence-electron chi connectivity index (χ1n) is 9.95. The van der Waals surface area contributed by atoms with E-state index in [1.165, 1.54) is 4.31 Å². The minimum Gasteiger partial charge on any atom is -0.379 e. The number of nitrogens with one attached hydrogen (secondary N) is 2. The van der Waals surface area contributed by atoms with E-state index in [9.17, 15) is 8.42 Å². The first-order chi connectivity index (χ1) is 15.0. The van der Waals surface area contributed by atoms with Crippen LogP contribution in [0.5, 0.6) is 0 Å². The van der Waals surface area contributed by atoms with Gasteiger partial charge in [0.25, 0.3) is 0 Å². The summed E-state index contributed by atoms with van der Waals surface area (Å²) in [6, 6.07) is 3.85. The van der Waals surface area contributed by atoms with Crippen molar-refractivity contribution in [1.29, 1.82) is 0 Å². The van der Waals surface area contributed by atoms with Gasteiger partial charge in [-0.15, -0.1) is 0 Å². The number of halogens is 1. The van der Waals surface area contributed by atoms with Gasteiger partial charge < -0.3 is 15.0 Å². The number of fused-ring (bicyclic) bond motifs is 1. The van der Waals surface area contributed by atoms with Crippen LogP contribution < -0.4 is 5.32 Å². The number of pyridine rings is 1. The van der Waals surface area contributed by atoms with Crippen LogP contribution in [0.15, 0.2) is 57.4 Å². The number of hydrogen-bond donors (Lipinski definition) is 2. The van der Waals surface area contributed by atoms with Crippen molar-refractivity contribution in [3.63, 3.8) is 0 Å². The van der Waals surface area contributed by atoms with Crippen molar-refractivity contribution in [3.8, 4) is 11.1 Å². The number of allylic oxidation sites excluding steroid dienone is 1. The van der Waals surface area contributed by atoms with Crippen LogP contribution in [-0.4, -0.2) is 55.0 Å². The lowest BCUT2D eigenvalue weighted by molar-refractivity contribution is 0.0734. The van der Waals surface area contributed by atoms with Crippen LogP contribution in [0, 0.1) is 0 Å². The molecule has 1 fully saturated rings. The van der Waals surface area contributed by atoms with E-state index in [4.69, 9.17) is 16.3 Å². The summed E-state index contributed by atoms with van der Waals surface area (Å²) in [6.45, 7) is 1.45. The SMILES string of the molecule is O=S(=O)(C1=CC(Nc2c[nH]c3nccc(-c4ccsc4)c23)CC=C1Cl)N1CCOCC1. The third-order valence-electron chi connectivity index (χ3n) is 5.47. The molecule has 1 atom stereocenters. The molecule has 0 spiro atoms. The molecule has 3 aromatic heterocycles. The van der Waals surface area contributed by atoms with E-state index < -0.39 is 10.0 Å². The van der Waals surface area contributed by atoms with E-state index in [0.717, 1.165) is 27.8 Å². The van der Waals surface area contributed by atoms with Gasteiger partial charge in [-0.05, 0) is 46.5 Å². The number of hydrogen-bond acceptors (Lipinski definition) is 6. The van der Waals surface area contributed by atoms with Gasteiger partial charge in [-0.2, -0.15) is 15.6 Å². The number of anilines is 1. The van der Waals surface area contributed by atoms with Crippen molar-refractivity contribution in [2.45, 2.75) is 12.5 Å². The average Bonchev–Trinajstić information content (AvgIpc) is 3.46. The van der Waals surface area contributed by atoms with Crippen molar-refractivity contribution in [3.05, 3.63) is 57.4 Å². The largest absolute Gasteiger partial charge is 0.379 e. The summed E-state index contributed by atoms with van der Waals surface area (Å²) in [6.07, 6.45) is 7.72. The van der Waals surface area contributed by atoms with E-state index in [-0.39, 0.29) is 16.0 Å². The van der Waals surface area contributed by atoms with Crippen molar-refractivity contribution in [2.75, 3.05) is 31.6 Å². The monoisotopic (exact) mass is 476 g/mol. The molecule has 0 bridgehead atoms. The van der Waals surface area contributed by atoms with Crippen LogP contribution in [-0.2, 0) is 14.8 Å². The van der Waals surface area contributed by atoms with Crippen molar-refractivity contribution in [2.24, 2.45) is 0 Å². The van der Waals surface area contributed by atoms with Crippen LogP contribution in [0.25, 0.3) is 22.2 Å². The standard InChI is InChI=1S/C21H21ClN4O3S2/c22-17-2-1-15(11-19(17)31(27,28)26-6-8-29-9-7-26)25-18-12-24-21-20(18)16(3-5-23-21)14-4-10-30-13-14/h2-5,10-13,15,25H,1,6-9H2,(H,23,24). The second-order valence-corrected chi connectivity index (χ2v) is 10.5. The second kappa shape index (κ2) is 8.40. The molecular weight excluding hydrogens is 456 g/mol. The molecule has 4 heterocycles. The van der Waals surface area contributed by atoms with Crippen LogP contribution >= 0.6 is 22.9 Å². The van der Waals surface area contributed by atoms with Gasteiger partial charge in [-0.3, -0.25) is 0 Å². The summed E-state index contributed by atoms with van der Waals surface area (Å²) in [7, 11) is -3.68. The molecule has 0 radical (unpaired) electrons. The van der Waals surface area contributed by atoms with Crippen molar-refractivity contribution >= 4 is 49.7 Å². The van der Waals surface area contributed by atoms with Gasteiger partial charge in [0.05, 0.1) is 28.8 Å². The number of ether oxygens (including phenoxy) is 1. The van der Waals surface area contributed by atoms with Crippen LogP contribution in [0.1, 0.15) is 6.42 Å². The number of H-pyrrole nitrogens is 1. The van der Waals surface area contributed by atoms with E-state index in [2.05, 4.69) is 26.7 Å². The Balaban J connectivity index is 1.48. The van der Waals surface area contributed by atoms with E-state index in [1.807, 2.05) is 17.6 Å². The number of morpholine rings is 1. The highest BCUT2D eigenvalue weighted by Crippen LogP contribution is 2.36. The molecule has 1 unspecified atom stereocenters. The Bertz CT molecular complexity index is 1260. The smallest absolute Gasteiger partial charge is 0.244 e. The summed E-state index contributed by atoms with van der Waals surface area (Å²) < 4.78 is 33.0. The number of aromatic nitrogens is 2. The second-order valence-electron chi connectivity index (χ2n) is 7.38. The molecule has 5 rings (SSSR count). The van der Waals surface area contributed by atoms with E-state index >= 15 is 0 Å². The van der Waals surface area contributed by atoms with Gasteiger partial charge in [0.15, 0.2) is 0 Å². The molecule has 0 amide bonds. The van der Waals surface area contributed by atoms with Gasteiger partial charge >= 0.3 is 0 Å². The van der Waals surface area contributed by atoms with E-state index in [1.54, 1.807) is 29.7 Å². The predicted molar refractivity (Wildman–Crippen MR) is 125 cm³/mol. The third kappa shape index (κ3) is 3.92. The Kier molecular flexibility index (Phi) is 5.61. The highest BCUT2D eigenvalue weighted by Gasteiger charge is 2.32.